The van der Waals surface area contributed by atoms with E-state index in [2.05, 4.69) is 0 Å². The lowest BCUT2D eigenvalue weighted by Gasteiger charge is -2.14. The van der Waals surface area contributed by atoms with Crippen LogP contribution in [-0.2, 0) is 10.0 Å². The number of ketones is 1. The minimum Gasteiger partial charge on any atom is -0.288 e. The second kappa shape index (κ2) is 7.14. The van der Waals surface area contributed by atoms with Crippen LogP contribution in [-0.4, -0.2) is 18.2 Å². The van der Waals surface area contributed by atoms with Crippen molar-refractivity contribution in [2.45, 2.75) is 11.8 Å². The molecule has 0 aliphatic heterocycles. The fourth-order valence-corrected chi connectivity index (χ4v) is 4.55. The van der Waals surface area contributed by atoms with Gasteiger partial charge in [-0.05, 0) is 31.2 Å². The summed E-state index contributed by atoms with van der Waals surface area (Å²) in [6.45, 7) is 1.86. The molecular formula is C23H17NO4S. The third-order valence-corrected chi connectivity index (χ3v) is 6.42. The van der Waals surface area contributed by atoms with Gasteiger partial charge in [0, 0.05) is 17.1 Å². The zero-order valence-electron chi connectivity index (χ0n) is 15.6. The quantitative estimate of drug-likeness (QED) is 0.486. The first-order valence-corrected chi connectivity index (χ1v) is 10.4. The fraction of sp³-hybridized carbons (Fsp3) is 0.0435. The number of aryl methyl sites for hydroxylation is 1. The summed E-state index contributed by atoms with van der Waals surface area (Å²) in [5.41, 5.74) is 0.783. The van der Waals surface area contributed by atoms with E-state index in [4.69, 9.17) is 0 Å². The normalized spacial score (nSPS) is 11.5. The third kappa shape index (κ3) is 3.28. The Bertz CT molecular complexity index is 1390. The Morgan fingerprint density at radius 1 is 0.828 bits per heavy atom. The summed E-state index contributed by atoms with van der Waals surface area (Å²) in [5.74, 6) is -0.519. The number of para-hydroxylation sites is 1. The van der Waals surface area contributed by atoms with Crippen molar-refractivity contribution in [2.24, 2.45) is 0 Å². The Kier molecular flexibility index (Phi) is 4.64. The molecule has 0 aliphatic carbocycles. The van der Waals surface area contributed by atoms with Crippen molar-refractivity contribution >= 4 is 26.7 Å². The number of pyridine rings is 1. The highest BCUT2D eigenvalue weighted by atomic mass is 32.2. The van der Waals surface area contributed by atoms with Gasteiger partial charge in [0.15, 0.2) is 5.78 Å². The van der Waals surface area contributed by atoms with Gasteiger partial charge in [-0.2, -0.15) is 0 Å². The molecule has 4 rings (SSSR count). The van der Waals surface area contributed by atoms with Crippen LogP contribution in [0.4, 0.5) is 0 Å². The molecule has 0 fully saturated rings. The minimum absolute atomic E-state index is 0.0787. The molecule has 1 aromatic heterocycles. The molecule has 29 heavy (non-hydrogen) atoms. The summed E-state index contributed by atoms with van der Waals surface area (Å²) in [4.78, 5) is 26.0. The van der Waals surface area contributed by atoms with Gasteiger partial charge in [-0.15, -0.1) is 0 Å². The Hall–Kier alpha value is -3.51. The van der Waals surface area contributed by atoms with Crippen LogP contribution in [0.2, 0.25) is 0 Å². The number of hydrogen-bond acceptors (Lipinski definition) is 4. The number of nitrogens with zero attached hydrogens (tertiary/aromatic N) is 1. The molecule has 0 aliphatic rings. The van der Waals surface area contributed by atoms with Gasteiger partial charge in [-0.25, -0.2) is 12.4 Å². The van der Waals surface area contributed by atoms with Crippen molar-refractivity contribution in [1.82, 2.24) is 3.97 Å². The summed E-state index contributed by atoms with van der Waals surface area (Å²) < 4.78 is 27.7. The second-order valence-electron chi connectivity index (χ2n) is 6.70. The van der Waals surface area contributed by atoms with Crippen molar-refractivity contribution in [3.63, 3.8) is 0 Å². The number of benzene rings is 3. The van der Waals surface area contributed by atoms with Crippen molar-refractivity contribution in [3.8, 4) is 0 Å². The Morgan fingerprint density at radius 2 is 1.45 bits per heavy atom. The maximum atomic E-state index is 13.3. The van der Waals surface area contributed by atoms with Crippen LogP contribution in [0.15, 0.2) is 94.7 Å². The highest BCUT2D eigenvalue weighted by Crippen LogP contribution is 2.21. The number of carbonyl (C=O) groups is 1. The average molecular weight is 403 g/mol. The summed E-state index contributed by atoms with van der Waals surface area (Å²) in [6.07, 6.45) is 1.13. The largest absolute Gasteiger partial charge is 0.288 e. The summed E-state index contributed by atoms with van der Waals surface area (Å²) in [5, 5.41) is 0.171. The number of carbonyl (C=O) groups excluding carboxylic acids is 1. The van der Waals surface area contributed by atoms with E-state index < -0.39 is 21.2 Å². The average Bonchev–Trinajstić information content (AvgIpc) is 2.74. The van der Waals surface area contributed by atoms with Crippen LogP contribution in [0.5, 0.6) is 0 Å². The molecule has 0 atom stereocenters. The first-order chi connectivity index (χ1) is 13.9. The topological polar surface area (TPSA) is 73.2 Å². The van der Waals surface area contributed by atoms with E-state index in [-0.39, 0.29) is 21.4 Å². The molecule has 1 heterocycles. The predicted molar refractivity (Wildman–Crippen MR) is 112 cm³/mol. The molecule has 0 amide bonds. The van der Waals surface area contributed by atoms with Crippen LogP contribution < -0.4 is 5.43 Å². The number of aromatic nitrogens is 1. The smallest absolute Gasteiger partial charge is 0.268 e. The van der Waals surface area contributed by atoms with Gasteiger partial charge in [0.05, 0.1) is 16.0 Å². The Morgan fingerprint density at radius 3 is 2.14 bits per heavy atom. The molecule has 5 nitrogen and oxygen atoms in total. The van der Waals surface area contributed by atoms with Crippen LogP contribution in [0.3, 0.4) is 0 Å². The lowest BCUT2D eigenvalue weighted by atomic mass is 10.0. The van der Waals surface area contributed by atoms with Gasteiger partial charge in [0.2, 0.25) is 5.43 Å². The predicted octanol–water partition coefficient (Wildman–Crippen LogP) is 3.78. The molecule has 0 spiro atoms. The van der Waals surface area contributed by atoms with E-state index in [1.165, 1.54) is 18.2 Å². The summed E-state index contributed by atoms with van der Waals surface area (Å²) in [6, 6.07) is 21.1. The number of fused-ring (bicyclic) bond motifs is 1. The maximum absolute atomic E-state index is 13.3. The molecule has 4 aromatic rings. The standard InChI is InChI=1S/C23H17NO4S/c1-16-11-13-18(14-12-16)29(27,28)24-15-20(22(25)17-7-3-2-4-8-17)23(26)19-9-5-6-10-21(19)24/h2-15H,1H3. The van der Waals surface area contributed by atoms with Crippen LogP contribution >= 0.6 is 0 Å². The lowest BCUT2D eigenvalue weighted by Crippen LogP contribution is -2.23. The van der Waals surface area contributed by atoms with Crippen LogP contribution in [0.25, 0.3) is 10.9 Å². The fourth-order valence-electron chi connectivity index (χ4n) is 3.18. The Balaban J connectivity index is 2.02. The SMILES string of the molecule is Cc1ccc(S(=O)(=O)n2cc(C(=O)c3ccccc3)c(=O)c3ccccc32)cc1. The van der Waals surface area contributed by atoms with E-state index in [0.29, 0.717) is 5.56 Å². The molecule has 0 saturated heterocycles. The van der Waals surface area contributed by atoms with Gasteiger partial charge >= 0.3 is 0 Å². The highest BCUT2D eigenvalue weighted by molar-refractivity contribution is 7.90. The van der Waals surface area contributed by atoms with Gasteiger partial charge < -0.3 is 0 Å². The van der Waals surface area contributed by atoms with Crippen molar-refractivity contribution < 1.29 is 13.2 Å². The van der Waals surface area contributed by atoms with E-state index >= 15 is 0 Å². The Labute approximate surface area is 167 Å². The number of hydrogen-bond donors (Lipinski definition) is 0. The van der Waals surface area contributed by atoms with Gasteiger partial charge in [-0.3, -0.25) is 9.59 Å². The van der Waals surface area contributed by atoms with E-state index in [1.54, 1.807) is 60.7 Å². The summed E-state index contributed by atoms with van der Waals surface area (Å²) >= 11 is 0. The number of rotatable bonds is 4. The first kappa shape index (κ1) is 18.8. The first-order valence-electron chi connectivity index (χ1n) is 8.96. The molecule has 0 bridgehead atoms. The van der Waals surface area contributed by atoms with Crippen LogP contribution in [0, 0.1) is 6.92 Å². The van der Waals surface area contributed by atoms with E-state index in [0.717, 1.165) is 15.7 Å². The molecule has 3 aromatic carbocycles. The molecule has 0 radical (unpaired) electrons. The minimum atomic E-state index is -4.01. The van der Waals surface area contributed by atoms with Crippen molar-refractivity contribution in [1.29, 1.82) is 0 Å². The van der Waals surface area contributed by atoms with E-state index in [9.17, 15) is 18.0 Å². The van der Waals surface area contributed by atoms with E-state index in [1.807, 2.05) is 6.92 Å². The van der Waals surface area contributed by atoms with Gasteiger partial charge in [0.1, 0.15) is 0 Å². The molecular weight excluding hydrogens is 386 g/mol. The highest BCUT2D eigenvalue weighted by Gasteiger charge is 2.23. The molecule has 0 unspecified atom stereocenters. The maximum Gasteiger partial charge on any atom is 0.268 e. The lowest BCUT2D eigenvalue weighted by molar-refractivity contribution is 0.103. The second-order valence-corrected chi connectivity index (χ2v) is 8.51. The van der Waals surface area contributed by atoms with Crippen molar-refractivity contribution in [2.75, 3.05) is 0 Å². The molecule has 6 heteroatoms. The molecule has 0 N–H and O–H groups in total. The van der Waals surface area contributed by atoms with Crippen LogP contribution in [0.1, 0.15) is 21.5 Å². The van der Waals surface area contributed by atoms with Crippen molar-refractivity contribution in [3.05, 3.63) is 112 Å². The zero-order valence-corrected chi connectivity index (χ0v) is 16.4. The third-order valence-electron chi connectivity index (χ3n) is 4.74. The monoisotopic (exact) mass is 403 g/mol. The van der Waals surface area contributed by atoms with Gasteiger partial charge in [0.25, 0.3) is 10.0 Å². The van der Waals surface area contributed by atoms with Gasteiger partial charge in [-0.1, -0.05) is 60.2 Å². The molecule has 144 valence electrons. The zero-order chi connectivity index (χ0) is 20.6. The molecule has 0 saturated carbocycles. The summed E-state index contributed by atoms with van der Waals surface area (Å²) in [7, 11) is -4.01.